The molecule has 0 unspecified atom stereocenters. The number of benzene rings is 2. The summed E-state index contributed by atoms with van der Waals surface area (Å²) in [5.41, 5.74) is 5.63. The van der Waals surface area contributed by atoms with E-state index in [1.807, 2.05) is 45.0 Å². The maximum Gasteiger partial charge on any atom is 0.244 e. The summed E-state index contributed by atoms with van der Waals surface area (Å²) in [6.07, 6.45) is 1.67. The predicted octanol–water partition coefficient (Wildman–Crippen LogP) is 4.16. The zero-order chi connectivity index (χ0) is 24.7. The van der Waals surface area contributed by atoms with Crippen molar-refractivity contribution in [3.05, 3.63) is 83.2 Å². The van der Waals surface area contributed by atoms with Crippen molar-refractivity contribution in [2.24, 2.45) is 10.9 Å². The first kappa shape index (κ1) is 24.4. The first-order valence-electron chi connectivity index (χ1n) is 10.6. The molecule has 1 aromatic heterocycles. The van der Waals surface area contributed by atoms with E-state index < -0.39 is 0 Å². The molecule has 0 amide bonds. The summed E-state index contributed by atoms with van der Waals surface area (Å²) in [4.78, 5) is 20.3. The number of nitriles is 1. The first-order chi connectivity index (χ1) is 16.3. The van der Waals surface area contributed by atoms with Gasteiger partial charge in [0, 0.05) is 29.7 Å². The highest BCUT2D eigenvalue weighted by molar-refractivity contribution is 5.95. The third kappa shape index (κ3) is 6.38. The average molecular weight is 457 g/mol. The normalized spacial score (nSPS) is 11.1. The van der Waals surface area contributed by atoms with Crippen LogP contribution in [0.3, 0.4) is 0 Å². The average Bonchev–Trinajstić information content (AvgIpc) is 2.80. The smallest absolute Gasteiger partial charge is 0.244 e. The van der Waals surface area contributed by atoms with Crippen molar-refractivity contribution in [3.8, 4) is 6.07 Å². The molecule has 0 aliphatic heterocycles. The summed E-state index contributed by atoms with van der Waals surface area (Å²) in [5.74, 6) is 6.88. The predicted molar refractivity (Wildman–Crippen MR) is 135 cm³/mol. The topological polar surface area (TPSA) is 124 Å². The van der Waals surface area contributed by atoms with Gasteiger partial charge in [0.05, 0.1) is 17.3 Å². The third-order valence-corrected chi connectivity index (χ3v) is 4.83. The van der Waals surface area contributed by atoms with Gasteiger partial charge in [-0.1, -0.05) is 6.58 Å². The Bertz CT molecular complexity index is 1220. The number of nitrogens with two attached hydrogens (primary N) is 1. The van der Waals surface area contributed by atoms with E-state index in [9.17, 15) is 0 Å². The zero-order valence-corrected chi connectivity index (χ0v) is 19.8. The number of aryl methyl sites for hydroxylation is 2. The SMILES string of the molecule is C=C(CN(C)C)N=C(ON)c1cc(C)c(Nc2ccnc(Nc3ccc(C#N)cc3)n2)c(C)c1. The van der Waals surface area contributed by atoms with Crippen LogP contribution in [0.25, 0.3) is 0 Å². The van der Waals surface area contributed by atoms with Crippen LogP contribution >= 0.6 is 0 Å². The van der Waals surface area contributed by atoms with Crippen LogP contribution < -0.4 is 16.5 Å². The van der Waals surface area contributed by atoms with Crippen LogP contribution in [0.2, 0.25) is 0 Å². The molecular weight excluding hydrogens is 428 g/mol. The Labute approximate surface area is 199 Å². The standard InChI is InChI=1S/C25H28N8O/c1-16-12-20(24(34-27)29-18(3)15-33(4)5)13-17(2)23(16)31-22-10-11-28-25(32-22)30-21-8-6-19(14-26)7-9-21/h6-13H,3,15,27H2,1-2,4-5H3,(H2,28,30,31,32). The van der Waals surface area contributed by atoms with Gasteiger partial charge < -0.3 is 20.4 Å². The van der Waals surface area contributed by atoms with Crippen molar-refractivity contribution in [3.63, 3.8) is 0 Å². The number of anilines is 4. The lowest BCUT2D eigenvalue weighted by molar-refractivity contribution is 0.321. The molecule has 3 rings (SSSR count). The maximum atomic E-state index is 8.94. The number of nitrogens with one attached hydrogen (secondary N) is 2. The molecule has 0 aliphatic carbocycles. The van der Waals surface area contributed by atoms with Crippen LogP contribution in [0.5, 0.6) is 0 Å². The van der Waals surface area contributed by atoms with Crippen LogP contribution in [0, 0.1) is 25.2 Å². The van der Waals surface area contributed by atoms with Gasteiger partial charge in [-0.15, -0.1) is 0 Å². The summed E-state index contributed by atoms with van der Waals surface area (Å²) < 4.78 is 0. The Balaban J connectivity index is 1.80. The summed E-state index contributed by atoms with van der Waals surface area (Å²) in [6.45, 7) is 8.53. The third-order valence-electron chi connectivity index (χ3n) is 4.83. The number of aliphatic imine (C=N–C) groups is 1. The Morgan fingerprint density at radius 2 is 1.82 bits per heavy atom. The summed E-state index contributed by atoms with van der Waals surface area (Å²) in [6, 6.07) is 14.9. The maximum absolute atomic E-state index is 8.94. The molecule has 34 heavy (non-hydrogen) atoms. The minimum absolute atomic E-state index is 0.306. The molecule has 0 radical (unpaired) electrons. The Morgan fingerprint density at radius 1 is 1.15 bits per heavy atom. The van der Waals surface area contributed by atoms with Crippen LogP contribution in [0.4, 0.5) is 23.1 Å². The van der Waals surface area contributed by atoms with Crippen molar-refractivity contribution in [1.82, 2.24) is 14.9 Å². The van der Waals surface area contributed by atoms with E-state index in [1.54, 1.807) is 36.5 Å². The summed E-state index contributed by atoms with van der Waals surface area (Å²) in [5, 5.41) is 15.5. The molecule has 1 heterocycles. The lowest BCUT2D eigenvalue weighted by Gasteiger charge is -2.16. The Morgan fingerprint density at radius 3 is 2.41 bits per heavy atom. The second-order valence-electron chi connectivity index (χ2n) is 8.03. The Kier molecular flexibility index (Phi) is 7.92. The number of rotatable bonds is 8. The zero-order valence-electron chi connectivity index (χ0n) is 19.8. The summed E-state index contributed by atoms with van der Waals surface area (Å²) in [7, 11) is 3.88. The quantitative estimate of drug-likeness (QED) is 0.262. The first-order valence-corrected chi connectivity index (χ1v) is 10.6. The minimum Gasteiger partial charge on any atom is -0.391 e. The van der Waals surface area contributed by atoms with E-state index in [-0.39, 0.29) is 0 Å². The van der Waals surface area contributed by atoms with Gasteiger partial charge in [-0.2, -0.15) is 16.1 Å². The van der Waals surface area contributed by atoms with E-state index in [0.29, 0.717) is 35.5 Å². The molecule has 4 N–H and O–H groups in total. The summed E-state index contributed by atoms with van der Waals surface area (Å²) >= 11 is 0. The monoisotopic (exact) mass is 456 g/mol. The van der Waals surface area contributed by atoms with Gasteiger partial charge in [0.15, 0.2) is 0 Å². The molecule has 0 aliphatic rings. The van der Waals surface area contributed by atoms with Crippen LogP contribution in [-0.2, 0) is 4.84 Å². The van der Waals surface area contributed by atoms with E-state index in [2.05, 4.69) is 38.2 Å². The molecule has 0 saturated heterocycles. The highest BCUT2D eigenvalue weighted by Gasteiger charge is 2.12. The Hall–Kier alpha value is -4.26. The fourth-order valence-electron chi connectivity index (χ4n) is 3.36. The highest BCUT2D eigenvalue weighted by Crippen LogP contribution is 2.26. The van der Waals surface area contributed by atoms with Gasteiger partial charge in [0.25, 0.3) is 0 Å². The van der Waals surface area contributed by atoms with Gasteiger partial charge in [0.1, 0.15) is 5.82 Å². The largest absolute Gasteiger partial charge is 0.391 e. The molecule has 0 saturated carbocycles. The lowest BCUT2D eigenvalue weighted by atomic mass is 10.0. The van der Waals surface area contributed by atoms with Gasteiger partial charge in [-0.25, -0.2) is 9.98 Å². The molecule has 174 valence electrons. The van der Waals surface area contributed by atoms with E-state index >= 15 is 0 Å². The fourth-order valence-corrected chi connectivity index (χ4v) is 3.36. The molecule has 0 atom stereocenters. The van der Waals surface area contributed by atoms with Gasteiger partial charge in [-0.05, 0) is 81.5 Å². The van der Waals surface area contributed by atoms with Crippen molar-refractivity contribution in [2.75, 3.05) is 31.3 Å². The van der Waals surface area contributed by atoms with Gasteiger partial charge >= 0.3 is 0 Å². The minimum atomic E-state index is 0.306. The molecule has 0 spiro atoms. The number of likely N-dealkylation sites (N-methyl/N-ethyl adjacent to an activating group) is 1. The fraction of sp³-hybridized carbons (Fsp3) is 0.200. The number of aromatic nitrogens is 2. The van der Waals surface area contributed by atoms with Crippen molar-refractivity contribution >= 4 is 29.0 Å². The number of nitrogens with zero attached hydrogens (tertiary/aromatic N) is 5. The van der Waals surface area contributed by atoms with Gasteiger partial charge in [0.2, 0.25) is 11.8 Å². The van der Waals surface area contributed by atoms with E-state index in [4.69, 9.17) is 16.0 Å². The molecule has 9 heteroatoms. The van der Waals surface area contributed by atoms with Crippen molar-refractivity contribution in [1.29, 1.82) is 5.26 Å². The van der Waals surface area contributed by atoms with Crippen molar-refractivity contribution < 1.29 is 4.84 Å². The number of hydrogen-bond donors (Lipinski definition) is 3. The van der Waals surface area contributed by atoms with Crippen LogP contribution in [0.15, 0.2) is 65.9 Å². The molecule has 2 aromatic carbocycles. The highest BCUT2D eigenvalue weighted by atomic mass is 16.6. The van der Waals surface area contributed by atoms with Crippen molar-refractivity contribution in [2.45, 2.75) is 13.8 Å². The van der Waals surface area contributed by atoms with Crippen LogP contribution in [0.1, 0.15) is 22.3 Å². The molecule has 3 aromatic rings. The molecular formula is C25H28N8O. The van der Waals surface area contributed by atoms with Crippen LogP contribution in [-0.4, -0.2) is 41.4 Å². The number of hydrogen-bond acceptors (Lipinski definition) is 9. The second-order valence-corrected chi connectivity index (χ2v) is 8.03. The molecule has 0 fully saturated rings. The van der Waals surface area contributed by atoms with Gasteiger partial charge in [-0.3, -0.25) is 0 Å². The molecule has 0 bridgehead atoms. The molecule has 9 nitrogen and oxygen atoms in total. The lowest BCUT2D eigenvalue weighted by Crippen LogP contribution is -2.17. The van der Waals surface area contributed by atoms with E-state index in [0.717, 1.165) is 28.1 Å². The van der Waals surface area contributed by atoms with E-state index in [1.165, 1.54) is 0 Å². The second kappa shape index (κ2) is 11.0.